The molecule has 1 atom stereocenters. The zero-order valence-corrected chi connectivity index (χ0v) is 18.3. The zero-order valence-electron chi connectivity index (χ0n) is 17.3. The minimum absolute atomic E-state index is 0.0750. The van der Waals surface area contributed by atoms with Crippen molar-refractivity contribution in [3.63, 3.8) is 0 Å². The van der Waals surface area contributed by atoms with Crippen LogP contribution in [0.4, 0.5) is 5.69 Å². The summed E-state index contributed by atoms with van der Waals surface area (Å²) in [5, 5.41) is 0.561. The summed E-state index contributed by atoms with van der Waals surface area (Å²) in [6, 6.07) is 9.85. The lowest BCUT2D eigenvalue weighted by molar-refractivity contribution is -0.116. The van der Waals surface area contributed by atoms with E-state index >= 15 is 0 Å². The molecular formula is C24H28NO2P. The molecule has 0 saturated carbocycles. The number of allylic oxidation sites excluding steroid dienone is 8. The molecule has 1 unspecified atom stereocenters. The molecule has 1 aromatic rings. The predicted molar refractivity (Wildman–Crippen MR) is 121 cm³/mol. The summed E-state index contributed by atoms with van der Waals surface area (Å²) in [5.41, 5.74) is 4.04. The van der Waals surface area contributed by atoms with Crippen LogP contribution in [0.15, 0.2) is 88.4 Å². The normalized spacial score (nSPS) is 19.0. The molecule has 1 aliphatic carbocycles. The molecule has 0 heterocycles. The van der Waals surface area contributed by atoms with Crippen molar-refractivity contribution >= 4 is 25.8 Å². The van der Waals surface area contributed by atoms with Gasteiger partial charge in [-0.15, -0.1) is 0 Å². The van der Waals surface area contributed by atoms with Gasteiger partial charge in [0.25, 0.3) is 0 Å². The highest BCUT2D eigenvalue weighted by atomic mass is 31.1. The van der Waals surface area contributed by atoms with Crippen LogP contribution in [0.1, 0.15) is 27.2 Å². The summed E-state index contributed by atoms with van der Waals surface area (Å²) >= 11 is 0. The van der Waals surface area contributed by atoms with E-state index in [1.54, 1.807) is 0 Å². The molecule has 2 rings (SSSR count). The number of carbonyl (C=O) groups is 2. The van der Waals surface area contributed by atoms with Gasteiger partial charge in [-0.25, -0.2) is 0 Å². The van der Waals surface area contributed by atoms with Crippen molar-refractivity contribution in [1.82, 2.24) is 0 Å². The summed E-state index contributed by atoms with van der Waals surface area (Å²) in [7, 11) is 2.15. The van der Waals surface area contributed by atoms with Crippen molar-refractivity contribution < 1.29 is 9.59 Å². The Morgan fingerprint density at radius 3 is 2.29 bits per heavy atom. The lowest BCUT2D eigenvalue weighted by atomic mass is 9.82. The summed E-state index contributed by atoms with van der Waals surface area (Å²) < 4.78 is 0. The van der Waals surface area contributed by atoms with Crippen molar-refractivity contribution in [2.75, 3.05) is 18.6 Å². The number of nitrogens with zero attached hydrogens (tertiary/aromatic N) is 1. The average Bonchev–Trinajstić information content (AvgIpc) is 2.72. The smallest absolute Gasteiger partial charge is 0.196 e. The fourth-order valence-corrected chi connectivity index (χ4v) is 4.14. The Bertz CT molecular complexity index is 917. The first kappa shape index (κ1) is 21.8. The van der Waals surface area contributed by atoms with E-state index in [9.17, 15) is 9.59 Å². The Hall–Kier alpha value is -2.51. The van der Waals surface area contributed by atoms with Gasteiger partial charge in [-0.2, -0.15) is 0 Å². The van der Waals surface area contributed by atoms with Gasteiger partial charge in [0.05, 0.1) is 11.3 Å². The quantitative estimate of drug-likeness (QED) is 0.468. The maximum Gasteiger partial charge on any atom is 0.196 e. The Morgan fingerprint density at radius 1 is 1.14 bits per heavy atom. The topological polar surface area (TPSA) is 37.4 Å². The van der Waals surface area contributed by atoms with Crippen LogP contribution in [0.5, 0.6) is 0 Å². The molecule has 0 N–H and O–H groups in total. The van der Waals surface area contributed by atoms with Gasteiger partial charge >= 0.3 is 0 Å². The number of carbonyl (C=O) groups excluding carboxylic acids is 2. The molecule has 0 aliphatic heterocycles. The second-order valence-corrected chi connectivity index (χ2v) is 7.56. The highest BCUT2D eigenvalue weighted by Crippen LogP contribution is 2.40. The fourth-order valence-electron chi connectivity index (χ4n) is 3.31. The molecular weight excluding hydrogens is 365 g/mol. The molecule has 0 spiro atoms. The van der Waals surface area contributed by atoms with Gasteiger partial charge in [0.2, 0.25) is 0 Å². The van der Waals surface area contributed by atoms with Crippen molar-refractivity contribution in [3.05, 3.63) is 88.4 Å². The number of Topliss-reactive ketones (excluding diaryl/α,β-unsaturated/α-hetero) is 2. The molecule has 146 valence electrons. The van der Waals surface area contributed by atoms with Crippen molar-refractivity contribution in [3.8, 4) is 0 Å². The van der Waals surface area contributed by atoms with Gasteiger partial charge in [0.15, 0.2) is 11.6 Å². The number of anilines is 1. The second kappa shape index (κ2) is 9.61. The number of hydrogen-bond donors (Lipinski definition) is 0. The summed E-state index contributed by atoms with van der Waals surface area (Å²) in [4.78, 5) is 28.9. The molecule has 0 bridgehead atoms. The first-order chi connectivity index (χ1) is 13.4. The van der Waals surface area contributed by atoms with E-state index in [0.29, 0.717) is 28.5 Å². The van der Waals surface area contributed by atoms with Crippen molar-refractivity contribution in [1.29, 1.82) is 0 Å². The minimum atomic E-state index is -0.100. The molecule has 0 fully saturated rings. The number of rotatable bonds is 6. The molecule has 0 saturated heterocycles. The first-order valence-corrected chi connectivity index (χ1v) is 10.9. The number of benzene rings is 1. The number of likely N-dealkylation sites (N-methyl/N-ethyl adjacent to an activating group) is 1. The standard InChI is InChI=1S/C24H28NO2P/c1-7-13-19(25(5)17-14-11-10-12-15-17)21-20(16(4)8-2)22(26)18(9-3)24(28-6)23(21)27/h7,9-15,28H,3,8H2,1-2,4-6H3/b13-7-,20-16-,21-19+. The molecule has 0 aromatic heterocycles. The number of hydrogen-bond acceptors (Lipinski definition) is 3. The third kappa shape index (κ3) is 4.00. The average molecular weight is 393 g/mol. The van der Waals surface area contributed by atoms with E-state index in [0.717, 1.165) is 17.0 Å². The van der Waals surface area contributed by atoms with Gasteiger partial charge in [0, 0.05) is 29.2 Å². The Kier molecular flexibility index (Phi) is 7.48. The van der Waals surface area contributed by atoms with Gasteiger partial charge in [0.1, 0.15) is 0 Å². The SMILES string of the molecule is C=CC1=C(PC)C(=O)C(=C(\C=C/C)N(C)c2ccccc2)/C(=C(\C)CC)C1=O. The van der Waals surface area contributed by atoms with E-state index in [1.165, 1.54) is 6.08 Å². The van der Waals surface area contributed by atoms with Crippen LogP contribution in [0.2, 0.25) is 0 Å². The molecule has 0 radical (unpaired) electrons. The summed E-state index contributed by atoms with van der Waals surface area (Å²) in [6.45, 7) is 11.6. The Balaban J connectivity index is 2.91. The van der Waals surface area contributed by atoms with E-state index in [4.69, 9.17) is 0 Å². The van der Waals surface area contributed by atoms with Crippen molar-refractivity contribution in [2.24, 2.45) is 0 Å². The van der Waals surface area contributed by atoms with E-state index < -0.39 is 0 Å². The predicted octanol–water partition coefficient (Wildman–Crippen LogP) is 5.58. The molecule has 3 nitrogen and oxygen atoms in total. The number of ketones is 2. The van der Waals surface area contributed by atoms with Crippen molar-refractivity contribution in [2.45, 2.75) is 27.2 Å². The van der Waals surface area contributed by atoms with E-state index in [2.05, 4.69) is 6.58 Å². The van der Waals surface area contributed by atoms with Crippen LogP contribution in [-0.2, 0) is 9.59 Å². The summed E-state index contributed by atoms with van der Waals surface area (Å²) in [6.07, 6.45) is 6.04. The maximum atomic E-state index is 13.6. The second-order valence-electron chi connectivity index (χ2n) is 6.56. The molecule has 28 heavy (non-hydrogen) atoms. The van der Waals surface area contributed by atoms with Crippen LogP contribution in [0.25, 0.3) is 0 Å². The van der Waals surface area contributed by atoms with Gasteiger partial charge in [-0.3, -0.25) is 9.59 Å². The van der Waals surface area contributed by atoms with Gasteiger partial charge in [-0.05, 0) is 45.1 Å². The largest absolute Gasteiger partial charge is 0.344 e. The highest BCUT2D eigenvalue weighted by molar-refractivity contribution is 7.44. The third-order valence-corrected chi connectivity index (χ3v) is 5.94. The monoisotopic (exact) mass is 393 g/mol. The fraction of sp³-hybridized carbons (Fsp3) is 0.250. The highest BCUT2D eigenvalue weighted by Gasteiger charge is 2.36. The first-order valence-electron chi connectivity index (χ1n) is 9.42. The molecule has 0 amide bonds. The third-order valence-electron chi connectivity index (χ3n) is 4.94. The zero-order chi connectivity index (χ0) is 20.8. The maximum absolute atomic E-state index is 13.6. The lowest BCUT2D eigenvalue weighted by Crippen LogP contribution is -2.29. The van der Waals surface area contributed by atoms with Crippen LogP contribution in [0, 0.1) is 0 Å². The van der Waals surface area contributed by atoms with Gasteiger partial charge < -0.3 is 4.90 Å². The van der Waals surface area contributed by atoms with Crippen LogP contribution < -0.4 is 4.90 Å². The summed E-state index contributed by atoms with van der Waals surface area (Å²) in [5.74, 6) is -0.175. The van der Waals surface area contributed by atoms with Crippen LogP contribution in [0.3, 0.4) is 0 Å². The molecule has 1 aromatic carbocycles. The lowest BCUT2D eigenvalue weighted by Gasteiger charge is -2.29. The van der Waals surface area contributed by atoms with Crippen LogP contribution >= 0.6 is 8.58 Å². The molecule has 1 aliphatic rings. The minimum Gasteiger partial charge on any atom is -0.344 e. The number of para-hydroxylation sites is 1. The molecule has 4 heteroatoms. The van der Waals surface area contributed by atoms with Crippen LogP contribution in [-0.4, -0.2) is 25.3 Å². The Labute approximate surface area is 170 Å². The van der Waals surface area contributed by atoms with E-state index in [1.807, 2.05) is 81.9 Å². The van der Waals surface area contributed by atoms with E-state index in [-0.39, 0.29) is 20.1 Å². The Morgan fingerprint density at radius 2 is 1.79 bits per heavy atom. The van der Waals surface area contributed by atoms with Gasteiger partial charge in [-0.1, -0.05) is 58.0 Å².